The van der Waals surface area contributed by atoms with Gasteiger partial charge >= 0.3 is 0 Å². The molecular formula is C23H23ClN2O3S. The lowest BCUT2D eigenvalue weighted by molar-refractivity contribution is -0.136. The van der Waals surface area contributed by atoms with Gasteiger partial charge in [-0.3, -0.25) is 19.3 Å². The van der Waals surface area contributed by atoms with E-state index in [-0.39, 0.29) is 17.7 Å². The molecule has 0 fully saturated rings. The Balaban J connectivity index is 1.96. The summed E-state index contributed by atoms with van der Waals surface area (Å²) in [6.45, 7) is 3.92. The Morgan fingerprint density at radius 2 is 1.67 bits per heavy atom. The maximum Gasteiger partial charge on any atom is 0.268 e. The summed E-state index contributed by atoms with van der Waals surface area (Å²) in [6.07, 6.45) is 2.74. The third kappa shape index (κ3) is 5.12. The predicted molar refractivity (Wildman–Crippen MR) is 121 cm³/mol. The molecule has 0 saturated heterocycles. The van der Waals surface area contributed by atoms with Crippen molar-refractivity contribution in [3.8, 4) is 0 Å². The molecule has 1 aliphatic heterocycles. The minimum absolute atomic E-state index is 0.171. The summed E-state index contributed by atoms with van der Waals surface area (Å²) in [6, 6.07) is 14.1. The Morgan fingerprint density at radius 3 is 2.27 bits per heavy atom. The van der Waals surface area contributed by atoms with Gasteiger partial charge in [0.05, 0.1) is 10.5 Å². The van der Waals surface area contributed by atoms with Gasteiger partial charge in [0.25, 0.3) is 11.8 Å². The van der Waals surface area contributed by atoms with E-state index in [4.69, 9.17) is 11.6 Å². The molecule has 0 spiro atoms. The summed E-state index contributed by atoms with van der Waals surface area (Å²) in [4.78, 5) is 40.1. The molecule has 3 amide bonds. The van der Waals surface area contributed by atoms with Gasteiger partial charge in [-0.2, -0.15) is 0 Å². The predicted octanol–water partition coefficient (Wildman–Crippen LogP) is 5.36. The summed E-state index contributed by atoms with van der Waals surface area (Å²) in [7, 11) is 0. The number of carbonyl (C=O) groups excluding carboxylic acids is 3. The van der Waals surface area contributed by atoms with Crippen molar-refractivity contribution in [2.45, 2.75) is 38.0 Å². The van der Waals surface area contributed by atoms with Crippen molar-refractivity contribution in [3.63, 3.8) is 0 Å². The number of unbranched alkanes of at least 4 members (excludes halogenated alkanes) is 2. The Labute approximate surface area is 185 Å². The number of imide groups is 1. The zero-order valence-corrected chi connectivity index (χ0v) is 18.5. The molecule has 0 aromatic heterocycles. The Morgan fingerprint density at radius 1 is 1.00 bits per heavy atom. The second-order valence-corrected chi connectivity index (χ2v) is 8.51. The van der Waals surface area contributed by atoms with Crippen LogP contribution in [0.25, 0.3) is 5.57 Å². The third-order valence-electron chi connectivity index (χ3n) is 4.64. The molecule has 1 heterocycles. The van der Waals surface area contributed by atoms with Crippen molar-refractivity contribution < 1.29 is 14.4 Å². The molecule has 2 aromatic rings. The molecule has 156 valence electrons. The first-order chi connectivity index (χ1) is 14.4. The van der Waals surface area contributed by atoms with E-state index < -0.39 is 0 Å². The number of nitrogens with zero attached hydrogens (tertiary/aromatic N) is 1. The second-order valence-electron chi connectivity index (χ2n) is 6.99. The fourth-order valence-electron chi connectivity index (χ4n) is 3.17. The fourth-order valence-corrected chi connectivity index (χ4v) is 4.31. The number of thioether (sulfide) groups is 1. The first-order valence-electron chi connectivity index (χ1n) is 9.82. The highest BCUT2D eigenvalue weighted by Gasteiger charge is 2.39. The maximum absolute atomic E-state index is 13.2. The molecule has 0 saturated carbocycles. The summed E-state index contributed by atoms with van der Waals surface area (Å²) in [5, 5.41) is 3.32. The molecule has 0 unspecified atom stereocenters. The largest absolute Gasteiger partial charge is 0.326 e. The number of hydrogen-bond donors (Lipinski definition) is 1. The van der Waals surface area contributed by atoms with E-state index in [1.807, 2.05) is 12.1 Å². The van der Waals surface area contributed by atoms with Crippen molar-refractivity contribution in [3.05, 3.63) is 64.0 Å². The number of amides is 3. The number of benzene rings is 2. The minimum Gasteiger partial charge on any atom is -0.326 e. The van der Waals surface area contributed by atoms with Crippen LogP contribution in [-0.4, -0.2) is 29.2 Å². The maximum atomic E-state index is 13.2. The van der Waals surface area contributed by atoms with Gasteiger partial charge in [0.1, 0.15) is 0 Å². The van der Waals surface area contributed by atoms with E-state index >= 15 is 0 Å². The minimum atomic E-state index is -0.278. The van der Waals surface area contributed by atoms with Gasteiger partial charge in [0.15, 0.2) is 0 Å². The summed E-state index contributed by atoms with van der Waals surface area (Å²) >= 11 is 7.24. The number of nitrogens with one attached hydrogen (secondary N) is 1. The first kappa shape index (κ1) is 22.1. The fraction of sp³-hybridized carbons (Fsp3) is 0.261. The zero-order valence-electron chi connectivity index (χ0n) is 16.9. The summed E-state index contributed by atoms with van der Waals surface area (Å²) in [5.74, 6) is -0.716. The molecule has 5 nitrogen and oxygen atoms in total. The van der Waals surface area contributed by atoms with Crippen LogP contribution in [0.2, 0.25) is 5.02 Å². The third-order valence-corrected chi connectivity index (χ3v) is 5.98. The molecule has 30 heavy (non-hydrogen) atoms. The summed E-state index contributed by atoms with van der Waals surface area (Å²) < 4.78 is 0. The molecular weight excluding hydrogens is 420 g/mol. The van der Waals surface area contributed by atoms with E-state index in [0.29, 0.717) is 33.3 Å². The Bertz CT molecular complexity index is 985. The van der Waals surface area contributed by atoms with Gasteiger partial charge in [-0.15, -0.1) is 0 Å². The van der Waals surface area contributed by atoms with Crippen molar-refractivity contribution in [1.29, 1.82) is 0 Å². The highest BCUT2D eigenvalue weighted by molar-refractivity contribution is 8.04. The smallest absolute Gasteiger partial charge is 0.268 e. The topological polar surface area (TPSA) is 66.5 Å². The normalized spacial score (nSPS) is 13.9. The van der Waals surface area contributed by atoms with E-state index in [1.165, 1.54) is 23.6 Å². The number of rotatable bonds is 8. The standard InChI is InChI=1S/C23H23ClN2O3S/c1-3-4-5-14-26-22(28)20(16-6-10-18(11-7-16)25-15(2)27)21(23(26)29)30-19-12-8-17(24)9-13-19/h6-13H,3-5,14H2,1-2H3,(H,25,27). The molecule has 2 aromatic carbocycles. The Kier molecular flexibility index (Phi) is 7.34. The quantitative estimate of drug-likeness (QED) is 0.441. The van der Waals surface area contributed by atoms with Crippen molar-refractivity contribution in [2.24, 2.45) is 0 Å². The van der Waals surface area contributed by atoms with Gasteiger partial charge in [-0.1, -0.05) is 55.3 Å². The van der Waals surface area contributed by atoms with Crippen molar-refractivity contribution in [2.75, 3.05) is 11.9 Å². The lowest BCUT2D eigenvalue weighted by atomic mass is 10.1. The molecule has 3 rings (SSSR count). The van der Waals surface area contributed by atoms with Crippen LogP contribution in [0, 0.1) is 0 Å². The second kappa shape index (κ2) is 9.96. The van der Waals surface area contributed by atoms with Crippen LogP contribution in [0.1, 0.15) is 38.7 Å². The highest BCUT2D eigenvalue weighted by atomic mass is 35.5. The van der Waals surface area contributed by atoms with E-state index in [0.717, 1.165) is 24.2 Å². The van der Waals surface area contributed by atoms with Crippen LogP contribution in [-0.2, 0) is 14.4 Å². The monoisotopic (exact) mass is 442 g/mol. The van der Waals surface area contributed by atoms with Crippen LogP contribution in [0.5, 0.6) is 0 Å². The van der Waals surface area contributed by atoms with Crippen LogP contribution >= 0.6 is 23.4 Å². The molecule has 0 bridgehead atoms. The van der Waals surface area contributed by atoms with Crippen LogP contribution < -0.4 is 5.32 Å². The van der Waals surface area contributed by atoms with E-state index in [2.05, 4.69) is 12.2 Å². The highest BCUT2D eigenvalue weighted by Crippen LogP contribution is 2.40. The van der Waals surface area contributed by atoms with Crippen LogP contribution in [0.15, 0.2) is 58.3 Å². The SMILES string of the molecule is CCCCCN1C(=O)C(Sc2ccc(Cl)cc2)=C(c2ccc(NC(C)=O)cc2)C1=O. The van der Waals surface area contributed by atoms with Crippen molar-refractivity contribution >= 4 is 52.3 Å². The molecule has 7 heteroatoms. The number of anilines is 1. The summed E-state index contributed by atoms with van der Waals surface area (Å²) in [5.41, 5.74) is 1.68. The van der Waals surface area contributed by atoms with Gasteiger partial charge in [-0.05, 0) is 48.4 Å². The number of carbonyl (C=O) groups is 3. The Hall–Kier alpha value is -2.57. The molecule has 1 N–H and O–H groups in total. The molecule has 0 aliphatic carbocycles. The lowest BCUT2D eigenvalue weighted by Crippen LogP contribution is -2.32. The van der Waals surface area contributed by atoms with Crippen LogP contribution in [0.4, 0.5) is 5.69 Å². The van der Waals surface area contributed by atoms with E-state index in [9.17, 15) is 14.4 Å². The molecule has 0 atom stereocenters. The molecule has 0 radical (unpaired) electrons. The van der Waals surface area contributed by atoms with Gasteiger partial charge in [-0.25, -0.2) is 0 Å². The van der Waals surface area contributed by atoms with Crippen molar-refractivity contribution in [1.82, 2.24) is 4.90 Å². The van der Waals surface area contributed by atoms with Gasteiger partial charge < -0.3 is 5.32 Å². The van der Waals surface area contributed by atoms with E-state index in [1.54, 1.807) is 36.4 Å². The zero-order chi connectivity index (χ0) is 21.7. The average molecular weight is 443 g/mol. The number of halogens is 1. The lowest BCUT2D eigenvalue weighted by Gasteiger charge is -2.14. The first-order valence-corrected chi connectivity index (χ1v) is 11.0. The van der Waals surface area contributed by atoms with Gasteiger partial charge in [0, 0.05) is 29.1 Å². The van der Waals surface area contributed by atoms with Crippen LogP contribution in [0.3, 0.4) is 0 Å². The van der Waals surface area contributed by atoms with Gasteiger partial charge in [0.2, 0.25) is 5.91 Å². The molecule has 1 aliphatic rings. The average Bonchev–Trinajstić information content (AvgIpc) is 2.94. The number of hydrogen-bond acceptors (Lipinski definition) is 4.